The average molecular weight is 228 g/mol. The van der Waals surface area contributed by atoms with E-state index in [9.17, 15) is 0 Å². The zero-order valence-electron chi connectivity index (χ0n) is 8.56. The summed E-state index contributed by atoms with van der Waals surface area (Å²) in [7, 11) is 2.10. The Labute approximate surface area is 94.7 Å². The highest BCUT2D eigenvalue weighted by Crippen LogP contribution is 2.13. The maximum absolute atomic E-state index is 5.51. The van der Waals surface area contributed by atoms with E-state index < -0.39 is 0 Å². The fourth-order valence-corrected chi connectivity index (χ4v) is 2.26. The van der Waals surface area contributed by atoms with Gasteiger partial charge in [0.1, 0.15) is 0 Å². The predicted molar refractivity (Wildman–Crippen MR) is 66.7 cm³/mol. The maximum atomic E-state index is 5.51. The van der Waals surface area contributed by atoms with E-state index >= 15 is 0 Å². The van der Waals surface area contributed by atoms with Crippen LogP contribution in [0.4, 0.5) is 0 Å². The molecule has 1 heterocycles. The lowest BCUT2D eigenvalue weighted by Gasteiger charge is -2.23. The molecule has 0 amide bonds. The van der Waals surface area contributed by atoms with Crippen molar-refractivity contribution in [1.29, 1.82) is 0 Å². The van der Waals surface area contributed by atoms with Gasteiger partial charge in [0.2, 0.25) is 0 Å². The number of rotatable bonds is 5. The molecule has 1 unspecified atom stereocenters. The number of thiocarbonyl (C=S) groups is 1. The van der Waals surface area contributed by atoms with Crippen molar-refractivity contribution in [2.45, 2.75) is 25.9 Å². The summed E-state index contributed by atoms with van der Waals surface area (Å²) in [4.78, 5) is 4.24. The standard InChI is InChI=1S/C10H16N2S2/c1-8(6-10(11)13)12(2)7-9-4-3-5-14-9/h3-5,8H,6-7H2,1-2H3,(H2,11,13). The van der Waals surface area contributed by atoms with Crippen molar-refractivity contribution in [3.8, 4) is 0 Å². The van der Waals surface area contributed by atoms with Crippen molar-refractivity contribution in [3.63, 3.8) is 0 Å². The second-order valence-electron chi connectivity index (χ2n) is 3.51. The molecule has 2 nitrogen and oxygen atoms in total. The highest BCUT2D eigenvalue weighted by Gasteiger charge is 2.10. The molecule has 0 radical (unpaired) electrons. The average Bonchev–Trinajstić information content (AvgIpc) is 2.55. The fraction of sp³-hybridized carbons (Fsp3) is 0.500. The Kier molecular flexibility index (Phi) is 4.51. The topological polar surface area (TPSA) is 29.3 Å². The molecule has 0 aliphatic carbocycles. The van der Waals surface area contributed by atoms with Crippen LogP contribution in [0.25, 0.3) is 0 Å². The smallest absolute Gasteiger partial charge is 0.0742 e. The van der Waals surface area contributed by atoms with Crippen molar-refractivity contribution in [1.82, 2.24) is 4.90 Å². The van der Waals surface area contributed by atoms with E-state index in [1.54, 1.807) is 11.3 Å². The van der Waals surface area contributed by atoms with Gasteiger partial charge in [0.25, 0.3) is 0 Å². The fourth-order valence-electron chi connectivity index (χ4n) is 1.25. The van der Waals surface area contributed by atoms with Crippen molar-refractivity contribution in [3.05, 3.63) is 22.4 Å². The number of nitrogens with two attached hydrogens (primary N) is 1. The summed E-state index contributed by atoms with van der Waals surface area (Å²) < 4.78 is 0. The van der Waals surface area contributed by atoms with E-state index in [0.717, 1.165) is 13.0 Å². The van der Waals surface area contributed by atoms with Crippen LogP contribution >= 0.6 is 23.6 Å². The number of hydrogen-bond acceptors (Lipinski definition) is 3. The van der Waals surface area contributed by atoms with E-state index in [1.807, 2.05) is 0 Å². The van der Waals surface area contributed by atoms with Crippen molar-refractivity contribution >= 4 is 28.5 Å². The van der Waals surface area contributed by atoms with Gasteiger partial charge in [0.15, 0.2) is 0 Å². The quantitative estimate of drug-likeness (QED) is 0.784. The van der Waals surface area contributed by atoms with Gasteiger partial charge in [-0.2, -0.15) is 0 Å². The third-order valence-corrected chi connectivity index (χ3v) is 3.26. The zero-order chi connectivity index (χ0) is 10.6. The molecule has 0 fully saturated rings. The molecule has 0 saturated carbocycles. The number of hydrogen-bond donors (Lipinski definition) is 1. The van der Waals surface area contributed by atoms with Crippen LogP contribution in [0.1, 0.15) is 18.2 Å². The molecule has 14 heavy (non-hydrogen) atoms. The molecule has 0 aliphatic heterocycles. The van der Waals surface area contributed by atoms with Crippen LogP contribution < -0.4 is 5.73 Å². The van der Waals surface area contributed by atoms with Gasteiger partial charge in [-0.25, -0.2) is 0 Å². The van der Waals surface area contributed by atoms with Gasteiger partial charge < -0.3 is 5.73 Å². The summed E-state index contributed by atoms with van der Waals surface area (Å²) >= 11 is 6.67. The van der Waals surface area contributed by atoms with Gasteiger partial charge in [-0.1, -0.05) is 18.3 Å². The Morgan fingerprint density at radius 3 is 2.93 bits per heavy atom. The maximum Gasteiger partial charge on any atom is 0.0742 e. The monoisotopic (exact) mass is 228 g/mol. The highest BCUT2D eigenvalue weighted by atomic mass is 32.1. The molecular formula is C10H16N2S2. The Hall–Kier alpha value is -0.450. The van der Waals surface area contributed by atoms with Gasteiger partial charge in [-0.3, -0.25) is 4.90 Å². The Bertz CT molecular complexity index is 282. The number of nitrogens with zero attached hydrogens (tertiary/aromatic N) is 1. The molecule has 0 bridgehead atoms. The van der Waals surface area contributed by atoms with Crippen LogP contribution in [0, 0.1) is 0 Å². The molecule has 1 rings (SSSR count). The second-order valence-corrected chi connectivity index (χ2v) is 5.07. The molecule has 1 aromatic rings. The second kappa shape index (κ2) is 5.44. The molecular weight excluding hydrogens is 212 g/mol. The largest absolute Gasteiger partial charge is 0.393 e. The lowest BCUT2D eigenvalue weighted by atomic mass is 10.2. The minimum Gasteiger partial charge on any atom is -0.393 e. The first-order valence-electron chi connectivity index (χ1n) is 4.60. The minimum absolute atomic E-state index is 0.412. The Morgan fingerprint density at radius 2 is 2.43 bits per heavy atom. The lowest BCUT2D eigenvalue weighted by molar-refractivity contribution is 0.257. The van der Waals surface area contributed by atoms with Crippen molar-refractivity contribution in [2.24, 2.45) is 5.73 Å². The molecule has 0 aliphatic rings. The van der Waals surface area contributed by atoms with Gasteiger partial charge in [0, 0.05) is 23.9 Å². The third kappa shape index (κ3) is 3.74. The summed E-state index contributed by atoms with van der Waals surface area (Å²) in [5, 5.41) is 2.10. The normalized spacial score (nSPS) is 13.1. The van der Waals surface area contributed by atoms with Crippen LogP contribution in [0.2, 0.25) is 0 Å². The summed E-state index contributed by atoms with van der Waals surface area (Å²) in [6, 6.07) is 4.63. The van der Waals surface area contributed by atoms with E-state index in [-0.39, 0.29) is 0 Å². The van der Waals surface area contributed by atoms with Crippen LogP contribution in [-0.2, 0) is 6.54 Å². The van der Waals surface area contributed by atoms with Gasteiger partial charge in [0.05, 0.1) is 4.99 Å². The van der Waals surface area contributed by atoms with E-state index in [4.69, 9.17) is 18.0 Å². The first kappa shape index (κ1) is 11.6. The van der Waals surface area contributed by atoms with E-state index in [0.29, 0.717) is 11.0 Å². The summed E-state index contributed by atoms with van der Waals surface area (Å²) in [6.45, 7) is 3.12. The first-order valence-corrected chi connectivity index (χ1v) is 5.89. The highest BCUT2D eigenvalue weighted by molar-refractivity contribution is 7.80. The van der Waals surface area contributed by atoms with Crippen LogP contribution in [0.3, 0.4) is 0 Å². The Morgan fingerprint density at radius 1 is 1.71 bits per heavy atom. The van der Waals surface area contributed by atoms with E-state index in [2.05, 4.69) is 36.4 Å². The van der Waals surface area contributed by atoms with Gasteiger partial charge in [-0.15, -0.1) is 11.3 Å². The van der Waals surface area contributed by atoms with Gasteiger partial charge in [-0.05, 0) is 25.4 Å². The predicted octanol–water partition coefficient (Wildman–Crippen LogP) is 2.24. The molecule has 0 spiro atoms. The molecule has 1 atom stereocenters. The molecule has 0 aromatic carbocycles. The summed E-state index contributed by atoms with van der Waals surface area (Å²) in [6.07, 6.45) is 0.789. The van der Waals surface area contributed by atoms with Crippen molar-refractivity contribution < 1.29 is 0 Å². The Balaban J connectivity index is 2.41. The molecule has 2 N–H and O–H groups in total. The molecule has 0 saturated heterocycles. The third-order valence-electron chi connectivity index (χ3n) is 2.23. The summed E-state index contributed by atoms with van der Waals surface area (Å²) in [5.74, 6) is 0. The van der Waals surface area contributed by atoms with Crippen LogP contribution in [-0.4, -0.2) is 23.0 Å². The summed E-state index contributed by atoms with van der Waals surface area (Å²) in [5.41, 5.74) is 5.51. The SMILES string of the molecule is CC(CC(N)=S)N(C)Cc1cccs1. The lowest BCUT2D eigenvalue weighted by Crippen LogP contribution is -2.31. The number of thiophene rings is 1. The van der Waals surface area contributed by atoms with Crippen LogP contribution in [0.15, 0.2) is 17.5 Å². The molecule has 1 aromatic heterocycles. The van der Waals surface area contributed by atoms with Crippen molar-refractivity contribution in [2.75, 3.05) is 7.05 Å². The molecule has 4 heteroatoms. The zero-order valence-corrected chi connectivity index (χ0v) is 10.2. The first-order chi connectivity index (χ1) is 6.59. The van der Waals surface area contributed by atoms with Gasteiger partial charge >= 0.3 is 0 Å². The minimum atomic E-state index is 0.412. The molecule has 78 valence electrons. The van der Waals surface area contributed by atoms with Crippen LogP contribution in [0.5, 0.6) is 0 Å². The van der Waals surface area contributed by atoms with E-state index in [1.165, 1.54) is 4.88 Å².